The first-order chi connectivity index (χ1) is 5.26. The van der Waals surface area contributed by atoms with Gasteiger partial charge in [0, 0.05) is 0 Å². The number of ether oxygens (including phenoxy) is 1. The van der Waals surface area contributed by atoms with Gasteiger partial charge in [-0.15, -0.1) is 18.3 Å². The molecule has 0 fully saturated rings. The summed E-state index contributed by atoms with van der Waals surface area (Å²) in [5.41, 5.74) is 0. The molecule has 2 nitrogen and oxygen atoms in total. The third kappa shape index (κ3) is 4.09. The molecule has 0 aliphatic heterocycles. The predicted molar refractivity (Wildman–Crippen MR) is 48.8 cm³/mol. The molecule has 0 aliphatic rings. The Kier molecular flexibility index (Phi) is 6.03. The van der Waals surface area contributed by atoms with Crippen molar-refractivity contribution in [2.24, 2.45) is 0 Å². The average Bonchev–Trinajstić information content (AvgIpc) is 2.00. The summed E-state index contributed by atoms with van der Waals surface area (Å²) < 4.78 is 4.84. The number of hydrogen-bond donors (Lipinski definition) is 0. The minimum Gasteiger partial charge on any atom is -0.465 e. The molecule has 11 heavy (non-hydrogen) atoms. The van der Waals surface area contributed by atoms with Crippen LogP contribution in [-0.2, 0) is 9.53 Å². The van der Waals surface area contributed by atoms with Gasteiger partial charge in [-0.05, 0) is 19.6 Å². The maximum absolute atomic E-state index is 11.1. The Morgan fingerprint density at radius 2 is 2.45 bits per heavy atom. The van der Waals surface area contributed by atoms with Crippen LogP contribution in [0.15, 0.2) is 12.7 Å². The van der Waals surface area contributed by atoms with Gasteiger partial charge in [-0.1, -0.05) is 6.08 Å². The van der Waals surface area contributed by atoms with Crippen molar-refractivity contribution >= 4 is 17.7 Å². The van der Waals surface area contributed by atoms with Gasteiger partial charge in [0.25, 0.3) is 0 Å². The van der Waals surface area contributed by atoms with Crippen molar-refractivity contribution in [2.75, 3.05) is 12.9 Å². The Labute approximate surface area is 72.0 Å². The largest absolute Gasteiger partial charge is 0.465 e. The number of thioether (sulfide) groups is 1. The summed E-state index contributed by atoms with van der Waals surface area (Å²) in [6.45, 7) is 5.83. The van der Waals surface area contributed by atoms with Crippen molar-refractivity contribution in [1.29, 1.82) is 0 Å². The van der Waals surface area contributed by atoms with E-state index in [0.29, 0.717) is 13.0 Å². The van der Waals surface area contributed by atoms with E-state index < -0.39 is 0 Å². The Bertz CT molecular complexity index is 134. The summed E-state index contributed by atoms with van der Waals surface area (Å²) in [5.74, 6) is -0.139. The zero-order chi connectivity index (χ0) is 8.69. The monoisotopic (exact) mass is 174 g/mol. The first kappa shape index (κ1) is 10.6. The molecule has 0 bridgehead atoms. The highest BCUT2D eigenvalue weighted by Crippen LogP contribution is 2.12. The molecule has 0 radical (unpaired) electrons. The molecule has 0 spiro atoms. The molecule has 0 amide bonds. The van der Waals surface area contributed by atoms with Crippen molar-refractivity contribution in [2.45, 2.75) is 18.6 Å². The summed E-state index contributed by atoms with van der Waals surface area (Å²) in [6, 6.07) is 0. The molecule has 3 heteroatoms. The van der Waals surface area contributed by atoms with Gasteiger partial charge in [-0.2, -0.15) is 0 Å². The van der Waals surface area contributed by atoms with Gasteiger partial charge in [-0.3, -0.25) is 4.79 Å². The first-order valence-corrected chi connectivity index (χ1v) is 4.85. The van der Waals surface area contributed by atoms with Crippen LogP contribution in [0, 0.1) is 0 Å². The van der Waals surface area contributed by atoms with Gasteiger partial charge >= 0.3 is 5.97 Å². The van der Waals surface area contributed by atoms with E-state index in [1.807, 2.05) is 13.2 Å². The van der Waals surface area contributed by atoms with Crippen LogP contribution >= 0.6 is 11.8 Å². The van der Waals surface area contributed by atoms with Crippen LogP contribution in [0.4, 0.5) is 0 Å². The number of carbonyl (C=O) groups is 1. The lowest BCUT2D eigenvalue weighted by Gasteiger charge is -2.09. The van der Waals surface area contributed by atoms with Crippen LogP contribution in [0.5, 0.6) is 0 Å². The van der Waals surface area contributed by atoms with Crippen LogP contribution in [0.1, 0.15) is 13.3 Å². The Balaban J connectivity index is 3.80. The van der Waals surface area contributed by atoms with Crippen molar-refractivity contribution in [1.82, 2.24) is 0 Å². The number of rotatable bonds is 5. The van der Waals surface area contributed by atoms with Crippen molar-refractivity contribution < 1.29 is 9.53 Å². The van der Waals surface area contributed by atoms with Gasteiger partial charge in [0.1, 0.15) is 5.25 Å². The van der Waals surface area contributed by atoms with Crippen LogP contribution in [-0.4, -0.2) is 24.1 Å². The lowest BCUT2D eigenvalue weighted by Crippen LogP contribution is -2.19. The summed E-state index contributed by atoms with van der Waals surface area (Å²) in [5, 5.41) is -0.0764. The SMILES string of the molecule is C=CCC(SC)C(=O)OCC. The summed E-state index contributed by atoms with van der Waals surface area (Å²) in [7, 11) is 0. The second kappa shape index (κ2) is 6.28. The van der Waals surface area contributed by atoms with Crippen LogP contribution in [0.2, 0.25) is 0 Å². The molecule has 0 aromatic rings. The maximum atomic E-state index is 11.1. The number of hydrogen-bond acceptors (Lipinski definition) is 3. The zero-order valence-electron chi connectivity index (χ0n) is 7.00. The standard InChI is InChI=1S/C8H14O2S/c1-4-6-7(11-3)8(9)10-5-2/h4,7H,1,5-6H2,2-3H3. The predicted octanol–water partition coefficient (Wildman–Crippen LogP) is 1.86. The summed E-state index contributed by atoms with van der Waals surface area (Å²) in [4.78, 5) is 11.1. The highest BCUT2D eigenvalue weighted by molar-refractivity contribution is 7.99. The maximum Gasteiger partial charge on any atom is 0.319 e. The van der Waals surface area contributed by atoms with E-state index >= 15 is 0 Å². The van der Waals surface area contributed by atoms with Crippen molar-refractivity contribution in [3.05, 3.63) is 12.7 Å². The molecule has 0 saturated heterocycles. The Morgan fingerprint density at radius 3 is 2.82 bits per heavy atom. The fraction of sp³-hybridized carbons (Fsp3) is 0.625. The fourth-order valence-electron chi connectivity index (χ4n) is 0.675. The van der Waals surface area contributed by atoms with E-state index in [4.69, 9.17) is 4.74 Å². The van der Waals surface area contributed by atoms with E-state index in [2.05, 4.69) is 6.58 Å². The van der Waals surface area contributed by atoms with E-state index in [1.165, 1.54) is 11.8 Å². The van der Waals surface area contributed by atoms with E-state index in [1.54, 1.807) is 6.08 Å². The molecule has 0 N–H and O–H groups in total. The lowest BCUT2D eigenvalue weighted by molar-refractivity contribution is -0.142. The molecule has 0 heterocycles. The fourth-order valence-corrected chi connectivity index (χ4v) is 1.26. The molecular weight excluding hydrogens is 160 g/mol. The van der Waals surface area contributed by atoms with Gasteiger partial charge in [-0.25, -0.2) is 0 Å². The average molecular weight is 174 g/mol. The van der Waals surface area contributed by atoms with Crippen LogP contribution in [0.3, 0.4) is 0 Å². The minimum absolute atomic E-state index is 0.0764. The molecule has 0 rings (SSSR count). The van der Waals surface area contributed by atoms with Gasteiger partial charge in [0.15, 0.2) is 0 Å². The van der Waals surface area contributed by atoms with Gasteiger partial charge < -0.3 is 4.74 Å². The quantitative estimate of drug-likeness (QED) is 0.470. The zero-order valence-corrected chi connectivity index (χ0v) is 7.82. The van der Waals surface area contributed by atoms with Gasteiger partial charge in [0.2, 0.25) is 0 Å². The highest BCUT2D eigenvalue weighted by atomic mass is 32.2. The molecule has 0 aliphatic carbocycles. The van der Waals surface area contributed by atoms with E-state index in [-0.39, 0.29) is 11.2 Å². The minimum atomic E-state index is -0.139. The van der Waals surface area contributed by atoms with Crippen LogP contribution in [0.25, 0.3) is 0 Å². The molecule has 0 aromatic heterocycles. The van der Waals surface area contributed by atoms with E-state index in [0.717, 1.165) is 0 Å². The molecular formula is C8H14O2S. The molecule has 0 aromatic carbocycles. The Morgan fingerprint density at radius 1 is 1.82 bits per heavy atom. The van der Waals surface area contributed by atoms with Crippen molar-refractivity contribution in [3.8, 4) is 0 Å². The number of carbonyl (C=O) groups excluding carboxylic acids is 1. The molecule has 0 saturated carbocycles. The second-order valence-corrected chi connectivity index (χ2v) is 3.04. The third-order valence-electron chi connectivity index (χ3n) is 1.21. The smallest absolute Gasteiger partial charge is 0.319 e. The summed E-state index contributed by atoms with van der Waals surface area (Å²) >= 11 is 1.50. The topological polar surface area (TPSA) is 26.3 Å². The first-order valence-electron chi connectivity index (χ1n) is 3.56. The highest BCUT2D eigenvalue weighted by Gasteiger charge is 2.15. The van der Waals surface area contributed by atoms with Crippen LogP contribution < -0.4 is 0 Å². The summed E-state index contributed by atoms with van der Waals surface area (Å²) in [6.07, 6.45) is 4.31. The van der Waals surface area contributed by atoms with Gasteiger partial charge in [0.05, 0.1) is 6.61 Å². The third-order valence-corrected chi connectivity index (χ3v) is 2.17. The van der Waals surface area contributed by atoms with Crippen molar-refractivity contribution in [3.63, 3.8) is 0 Å². The molecule has 1 atom stereocenters. The normalized spacial score (nSPS) is 12.2. The Hall–Kier alpha value is -0.440. The number of esters is 1. The lowest BCUT2D eigenvalue weighted by atomic mass is 10.3. The second-order valence-electron chi connectivity index (χ2n) is 2.00. The van der Waals surface area contributed by atoms with E-state index in [9.17, 15) is 4.79 Å². The molecule has 64 valence electrons. The number of allylic oxidation sites excluding steroid dienone is 1. The molecule has 1 unspecified atom stereocenters.